The van der Waals surface area contributed by atoms with Crippen LogP contribution in [0, 0.1) is 25.7 Å². The molecule has 1 amide bonds. The second-order valence-electron chi connectivity index (χ2n) is 8.53. The van der Waals surface area contributed by atoms with Crippen LogP contribution in [0.25, 0.3) is 0 Å². The standard InChI is InChI=1S/C23H32N4O2/c1-16-21(17(2)29-26-16)14-22(28)27-12-10-19(11-13-27)23-20(15-24-25-23)9-8-18-6-4-3-5-7-18/h3-7,19-20,23-25H,8-15H2,1-2H3. The molecule has 2 saturated heterocycles. The summed E-state index contributed by atoms with van der Waals surface area (Å²) in [5.74, 6) is 2.21. The summed E-state index contributed by atoms with van der Waals surface area (Å²) in [5.41, 5.74) is 10.1. The Labute approximate surface area is 173 Å². The van der Waals surface area contributed by atoms with Crippen molar-refractivity contribution < 1.29 is 9.32 Å². The summed E-state index contributed by atoms with van der Waals surface area (Å²) >= 11 is 0. The van der Waals surface area contributed by atoms with E-state index in [0.717, 1.165) is 55.9 Å². The van der Waals surface area contributed by atoms with Gasteiger partial charge in [0.2, 0.25) is 5.91 Å². The van der Waals surface area contributed by atoms with Crippen LogP contribution < -0.4 is 10.9 Å². The maximum Gasteiger partial charge on any atom is 0.227 e. The first kappa shape index (κ1) is 20.1. The molecule has 0 saturated carbocycles. The highest BCUT2D eigenvalue weighted by molar-refractivity contribution is 5.79. The van der Waals surface area contributed by atoms with E-state index in [4.69, 9.17) is 4.52 Å². The number of nitrogens with zero attached hydrogens (tertiary/aromatic N) is 2. The number of aryl methyl sites for hydroxylation is 3. The highest BCUT2D eigenvalue weighted by Gasteiger charge is 2.36. The van der Waals surface area contributed by atoms with E-state index in [0.29, 0.717) is 24.3 Å². The minimum Gasteiger partial charge on any atom is -0.361 e. The molecule has 2 fully saturated rings. The average molecular weight is 397 g/mol. The molecule has 2 aliphatic rings. The molecule has 2 aromatic rings. The summed E-state index contributed by atoms with van der Waals surface area (Å²) in [6, 6.07) is 11.2. The third-order valence-corrected chi connectivity index (χ3v) is 6.70. The fraction of sp³-hybridized carbons (Fsp3) is 0.565. The number of hydrazine groups is 1. The van der Waals surface area contributed by atoms with Gasteiger partial charge in [-0.15, -0.1) is 0 Å². The van der Waals surface area contributed by atoms with E-state index in [9.17, 15) is 4.79 Å². The maximum absolute atomic E-state index is 12.8. The van der Waals surface area contributed by atoms with Crippen LogP contribution in [0.4, 0.5) is 0 Å². The van der Waals surface area contributed by atoms with Crippen LogP contribution in [0.15, 0.2) is 34.9 Å². The number of nitrogens with one attached hydrogen (secondary N) is 2. The SMILES string of the molecule is Cc1noc(C)c1CC(=O)N1CCC(C2NNCC2CCc2ccccc2)CC1. The van der Waals surface area contributed by atoms with Gasteiger partial charge < -0.3 is 9.42 Å². The Balaban J connectivity index is 1.27. The van der Waals surface area contributed by atoms with Gasteiger partial charge in [0.05, 0.1) is 12.1 Å². The molecular formula is C23H32N4O2. The molecule has 6 nitrogen and oxygen atoms in total. The Morgan fingerprint density at radius 2 is 1.97 bits per heavy atom. The summed E-state index contributed by atoms with van der Waals surface area (Å²) in [7, 11) is 0. The molecule has 156 valence electrons. The second-order valence-corrected chi connectivity index (χ2v) is 8.53. The first-order chi connectivity index (χ1) is 14.1. The monoisotopic (exact) mass is 396 g/mol. The lowest BCUT2D eigenvalue weighted by molar-refractivity contribution is -0.132. The van der Waals surface area contributed by atoms with Gasteiger partial charge in [-0.05, 0) is 56.9 Å². The fourth-order valence-corrected chi connectivity index (χ4v) is 4.86. The first-order valence-electron chi connectivity index (χ1n) is 10.8. The number of rotatable bonds is 6. The van der Waals surface area contributed by atoms with Gasteiger partial charge in [-0.25, -0.2) is 0 Å². The van der Waals surface area contributed by atoms with Crippen LogP contribution in [-0.2, 0) is 17.6 Å². The van der Waals surface area contributed by atoms with E-state index < -0.39 is 0 Å². The van der Waals surface area contributed by atoms with Crippen molar-refractivity contribution >= 4 is 5.91 Å². The molecular weight excluding hydrogens is 364 g/mol. The summed E-state index contributed by atoms with van der Waals surface area (Å²) in [6.45, 7) is 6.50. The first-order valence-corrected chi connectivity index (χ1v) is 10.8. The van der Waals surface area contributed by atoms with E-state index >= 15 is 0 Å². The van der Waals surface area contributed by atoms with E-state index in [-0.39, 0.29) is 5.91 Å². The smallest absolute Gasteiger partial charge is 0.227 e. The van der Waals surface area contributed by atoms with E-state index in [2.05, 4.69) is 46.3 Å². The Morgan fingerprint density at radius 3 is 2.66 bits per heavy atom. The number of carbonyl (C=O) groups is 1. The fourth-order valence-electron chi connectivity index (χ4n) is 4.86. The van der Waals surface area contributed by atoms with Crippen LogP contribution in [0.2, 0.25) is 0 Å². The zero-order valence-corrected chi connectivity index (χ0v) is 17.5. The molecule has 1 aromatic heterocycles. The van der Waals surface area contributed by atoms with Crippen LogP contribution in [0.5, 0.6) is 0 Å². The molecule has 0 radical (unpaired) electrons. The number of likely N-dealkylation sites (tertiary alicyclic amines) is 1. The molecule has 0 aliphatic carbocycles. The number of aromatic nitrogens is 1. The van der Waals surface area contributed by atoms with Gasteiger partial charge >= 0.3 is 0 Å². The zero-order chi connectivity index (χ0) is 20.2. The summed E-state index contributed by atoms with van der Waals surface area (Å²) in [5, 5.41) is 3.97. The van der Waals surface area contributed by atoms with Crippen LogP contribution in [-0.4, -0.2) is 41.6 Å². The molecule has 29 heavy (non-hydrogen) atoms. The predicted molar refractivity (Wildman–Crippen MR) is 112 cm³/mol. The molecule has 0 bridgehead atoms. The molecule has 2 N–H and O–H groups in total. The molecule has 0 spiro atoms. The van der Waals surface area contributed by atoms with Crippen molar-refractivity contribution in [3.8, 4) is 0 Å². The quantitative estimate of drug-likeness (QED) is 0.786. The van der Waals surface area contributed by atoms with Gasteiger partial charge in [-0.1, -0.05) is 35.5 Å². The van der Waals surface area contributed by atoms with Gasteiger partial charge in [-0.2, -0.15) is 0 Å². The Hall–Kier alpha value is -2.18. The van der Waals surface area contributed by atoms with Gasteiger partial charge in [0, 0.05) is 31.2 Å². The molecule has 2 unspecified atom stereocenters. The van der Waals surface area contributed by atoms with Gasteiger partial charge in [-0.3, -0.25) is 15.6 Å². The van der Waals surface area contributed by atoms with E-state index in [1.807, 2.05) is 18.7 Å². The minimum absolute atomic E-state index is 0.191. The van der Waals surface area contributed by atoms with Crippen LogP contribution in [0.1, 0.15) is 41.8 Å². The molecule has 2 atom stereocenters. The number of benzene rings is 1. The summed E-state index contributed by atoms with van der Waals surface area (Å²) < 4.78 is 5.20. The third kappa shape index (κ3) is 4.70. The highest BCUT2D eigenvalue weighted by atomic mass is 16.5. The predicted octanol–water partition coefficient (Wildman–Crippen LogP) is 2.80. The van der Waals surface area contributed by atoms with Crippen molar-refractivity contribution in [2.75, 3.05) is 19.6 Å². The van der Waals surface area contributed by atoms with Crippen molar-refractivity contribution in [2.45, 2.75) is 52.0 Å². The van der Waals surface area contributed by atoms with Crippen molar-refractivity contribution in [1.29, 1.82) is 0 Å². The number of amides is 1. The van der Waals surface area contributed by atoms with Crippen LogP contribution >= 0.6 is 0 Å². The Morgan fingerprint density at radius 1 is 1.21 bits per heavy atom. The van der Waals surface area contributed by atoms with Gasteiger partial charge in [0.25, 0.3) is 0 Å². The molecule has 2 aliphatic heterocycles. The van der Waals surface area contributed by atoms with Gasteiger partial charge in [0.1, 0.15) is 5.76 Å². The molecule has 1 aromatic carbocycles. The summed E-state index contributed by atoms with van der Waals surface area (Å²) in [4.78, 5) is 14.8. The lowest BCUT2D eigenvalue weighted by Gasteiger charge is -2.36. The highest BCUT2D eigenvalue weighted by Crippen LogP contribution is 2.29. The lowest BCUT2D eigenvalue weighted by Crippen LogP contribution is -2.46. The van der Waals surface area contributed by atoms with Crippen molar-refractivity contribution in [1.82, 2.24) is 20.9 Å². The van der Waals surface area contributed by atoms with E-state index in [1.165, 1.54) is 12.0 Å². The van der Waals surface area contributed by atoms with Crippen LogP contribution in [0.3, 0.4) is 0 Å². The van der Waals surface area contributed by atoms with Crippen molar-refractivity contribution in [3.63, 3.8) is 0 Å². The number of hydrogen-bond acceptors (Lipinski definition) is 5. The van der Waals surface area contributed by atoms with Crippen molar-refractivity contribution in [2.24, 2.45) is 11.8 Å². The van der Waals surface area contributed by atoms with E-state index in [1.54, 1.807) is 0 Å². The maximum atomic E-state index is 12.8. The topological polar surface area (TPSA) is 70.4 Å². The third-order valence-electron chi connectivity index (χ3n) is 6.70. The largest absolute Gasteiger partial charge is 0.361 e. The zero-order valence-electron chi connectivity index (χ0n) is 17.5. The minimum atomic E-state index is 0.191. The number of piperidine rings is 1. The average Bonchev–Trinajstić information content (AvgIpc) is 3.35. The van der Waals surface area contributed by atoms with Crippen molar-refractivity contribution in [3.05, 3.63) is 52.9 Å². The Bertz CT molecular complexity index is 792. The lowest BCUT2D eigenvalue weighted by atomic mass is 9.81. The molecule has 4 rings (SSSR count). The molecule has 3 heterocycles. The second kappa shape index (κ2) is 9.09. The van der Waals surface area contributed by atoms with Gasteiger partial charge in [0.15, 0.2) is 0 Å². The summed E-state index contributed by atoms with van der Waals surface area (Å²) in [6.07, 6.45) is 4.85. The molecule has 6 heteroatoms. The number of hydrogen-bond donors (Lipinski definition) is 2. The number of carbonyl (C=O) groups excluding carboxylic acids is 1. The normalized spacial score (nSPS) is 22.9. The Kier molecular flexibility index (Phi) is 6.31.